The monoisotopic (exact) mass is 268 g/mol. The predicted octanol–water partition coefficient (Wildman–Crippen LogP) is -1.87. The quantitative estimate of drug-likeness (QED) is 0.417. The van der Waals surface area contributed by atoms with Gasteiger partial charge in [-0.1, -0.05) is 0 Å². The van der Waals surface area contributed by atoms with Crippen LogP contribution in [0.4, 0.5) is 0 Å². The molecule has 0 aromatic carbocycles. The lowest BCUT2D eigenvalue weighted by Crippen LogP contribution is -2.25. The molecule has 0 bridgehead atoms. The summed E-state index contributed by atoms with van der Waals surface area (Å²) in [5.74, 6) is 0. The molecular formula is C11H24O7. The first kappa shape index (κ1) is 17.7. The van der Waals surface area contributed by atoms with Crippen LogP contribution in [0.3, 0.4) is 0 Å². The van der Waals surface area contributed by atoms with Crippen molar-refractivity contribution in [1.29, 1.82) is 0 Å². The third-order valence-electron chi connectivity index (χ3n) is 1.75. The zero-order valence-electron chi connectivity index (χ0n) is 10.7. The van der Waals surface area contributed by atoms with Crippen molar-refractivity contribution in [2.45, 2.75) is 25.2 Å². The van der Waals surface area contributed by atoms with Crippen molar-refractivity contribution < 1.29 is 34.6 Å². The van der Waals surface area contributed by atoms with Gasteiger partial charge in [0.1, 0.15) is 12.2 Å². The molecule has 110 valence electrons. The van der Waals surface area contributed by atoms with Gasteiger partial charge in [0.25, 0.3) is 0 Å². The molecule has 2 saturated heterocycles. The summed E-state index contributed by atoms with van der Waals surface area (Å²) in [5.41, 5.74) is 0. The Morgan fingerprint density at radius 1 is 1.11 bits per heavy atom. The number of ether oxygens (including phenoxy) is 3. The molecule has 0 aromatic heterocycles. The van der Waals surface area contributed by atoms with Gasteiger partial charge in [0.2, 0.25) is 0 Å². The Hall–Kier alpha value is -0.280. The summed E-state index contributed by atoms with van der Waals surface area (Å²) in [7, 11) is 0. The summed E-state index contributed by atoms with van der Waals surface area (Å²) in [6, 6.07) is 0. The fourth-order valence-electron chi connectivity index (χ4n) is 0.542. The number of epoxide rings is 2. The number of aliphatic hydroxyl groups excluding tert-OH is 4. The van der Waals surface area contributed by atoms with E-state index in [0.29, 0.717) is 6.10 Å². The van der Waals surface area contributed by atoms with Gasteiger partial charge in [0, 0.05) is 0 Å². The van der Waals surface area contributed by atoms with E-state index in [0.717, 1.165) is 19.8 Å². The second-order valence-corrected chi connectivity index (χ2v) is 3.97. The standard InChI is InChI=1S/C6H14O5.C3H6O.C2H4O/c7-1-5(9)3-11-4-6(10)2-8;1-3-2-4-3;1-2-3-1/h5-10H,1-4H2;3H,2H2,1H3;1-2H2. The SMILES string of the molecule is C1CO1.CC1CO1.OCC(O)COCC(O)CO. The van der Waals surface area contributed by atoms with Gasteiger partial charge >= 0.3 is 0 Å². The van der Waals surface area contributed by atoms with Gasteiger partial charge in [-0.25, -0.2) is 0 Å². The molecule has 2 aliphatic rings. The van der Waals surface area contributed by atoms with Crippen molar-refractivity contribution in [1.82, 2.24) is 0 Å². The molecule has 0 radical (unpaired) electrons. The van der Waals surface area contributed by atoms with E-state index in [2.05, 4.69) is 11.7 Å². The lowest BCUT2D eigenvalue weighted by atomic mass is 10.4. The molecule has 7 heteroatoms. The maximum absolute atomic E-state index is 8.72. The minimum absolute atomic E-state index is 0.0342. The van der Waals surface area contributed by atoms with Gasteiger partial charge in [-0.05, 0) is 6.92 Å². The zero-order chi connectivity index (χ0) is 13.8. The summed E-state index contributed by atoms with van der Waals surface area (Å²) in [5, 5.41) is 34.1. The van der Waals surface area contributed by atoms with E-state index in [1.807, 2.05) is 0 Å². The molecule has 2 heterocycles. The van der Waals surface area contributed by atoms with Crippen LogP contribution in [0.1, 0.15) is 6.92 Å². The van der Waals surface area contributed by atoms with Crippen molar-refractivity contribution in [2.24, 2.45) is 0 Å². The Balaban J connectivity index is 0.000000325. The van der Waals surface area contributed by atoms with Crippen LogP contribution in [0.25, 0.3) is 0 Å². The number of hydrogen-bond acceptors (Lipinski definition) is 7. The Kier molecular flexibility index (Phi) is 11.6. The van der Waals surface area contributed by atoms with E-state index in [9.17, 15) is 0 Å². The predicted molar refractivity (Wildman–Crippen MR) is 63.2 cm³/mol. The summed E-state index contributed by atoms with van der Waals surface area (Å²) in [6.07, 6.45) is -1.25. The summed E-state index contributed by atoms with van der Waals surface area (Å²) in [4.78, 5) is 0. The zero-order valence-corrected chi connectivity index (χ0v) is 10.7. The highest BCUT2D eigenvalue weighted by atomic mass is 16.6. The van der Waals surface area contributed by atoms with Crippen molar-refractivity contribution in [2.75, 3.05) is 46.2 Å². The normalized spacial score (nSPS) is 22.8. The van der Waals surface area contributed by atoms with Gasteiger partial charge < -0.3 is 34.6 Å². The average Bonchev–Trinajstić information content (AvgIpc) is 3.22. The maximum Gasteiger partial charge on any atom is 0.100 e. The van der Waals surface area contributed by atoms with Crippen LogP contribution in [0.5, 0.6) is 0 Å². The van der Waals surface area contributed by atoms with Crippen LogP contribution in [0.15, 0.2) is 0 Å². The first-order chi connectivity index (χ1) is 8.60. The average molecular weight is 268 g/mol. The van der Waals surface area contributed by atoms with E-state index in [1.54, 1.807) is 0 Å². The molecule has 18 heavy (non-hydrogen) atoms. The highest BCUT2D eigenvalue weighted by Crippen LogP contribution is 2.04. The third kappa shape index (κ3) is 18.1. The molecule has 0 spiro atoms. The lowest BCUT2D eigenvalue weighted by molar-refractivity contribution is -0.0364. The minimum Gasteiger partial charge on any atom is -0.394 e. The molecule has 3 unspecified atom stereocenters. The third-order valence-corrected chi connectivity index (χ3v) is 1.75. The van der Waals surface area contributed by atoms with E-state index >= 15 is 0 Å². The maximum atomic E-state index is 8.72. The van der Waals surface area contributed by atoms with Crippen molar-refractivity contribution in [3.63, 3.8) is 0 Å². The second-order valence-electron chi connectivity index (χ2n) is 3.97. The van der Waals surface area contributed by atoms with E-state index < -0.39 is 12.2 Å². The Labute approximate surface area is 107 Å². The largest absolute Gasteiger partial charge is 0.394 e. The van der Waals surface area contributed by atoms with Gasteiger partial charge in [-0.3, -0.25) is 0 Å². The van der Waals surface area contributed by atoms with Crippen LogP contribution < -0.4 is 0 Å². The van der Waals surface area contributed by atoms with E-state index in [4.69, 9.17) is 29.9 Å². The van der Waals surface area contributed by atoms with Crippen LogP contribution in [-0.4, -0.2) is 85.0 Å². The number of hydrogen-bond donors (Lipinski definition) is 4. The molecule has 7 nitrogen and oxygen atoms in total. The van der Waals surface area contributed by atoms with E-state index in [1.165, 1.54) is 0 Å². The topological polar surface area (TPSA) is 115 Å². The fourth-order valence-corrected chi connectivity index (χ4v) is 0.542. The Morgan fingerprint density at radius 2 is 1.44 bits per heavy atom. The highest BCUT2D eigenvalue weighted by molar-refractivity contribution is 4.58. The first-order valence-corrected chi connectivity index (χ1v) is 5.95. The van der Waals surface area contributed by atoms with Crippen LogP contribution in [-0.2, 0) is 14.2 Å². The number of rotatable bonds is 6. The van der Waals surface area contributed by atoms with Gasteiger partial charge in [0.05, 0.1) is 52.4 Å². The molecule has 2 fully saturated rings. The Bertz CT molecular complexity index is 160. The molecule has 0 saturated carbocycles. The molecule has 2 rings (SSSR count). The summed E-state index contributed by atoms with van der Waals surface area (Å²) >= 11 is 0. The molecular weight excluding hydrogens is 244 g/mol. The first-order valence-electron chi connectivity index (χ1n) is 5.95. The molecule has 2 aliphatic heterocycles. The summed E-state index contributed by atoms with van der Waals surface area (Å²) in [6.45, 7) is 4.24. The lowest BCUT2D eigenvalue weighted by Gasteiger charge is -2.10. The van der Waals surface area contributed by atoms with E-state index in [-0.39, 0.29) is 26.4 Å². The van der Waals surface area contributed by atoms with Crippen LogP contribution in [0.2, 0.25) is 0 Å². The smallest absolute Gasteiger partial charge is 0.100 e. The minimum atomic E-state index is -0.916. The number of aliphatic hydroxyl groups is 4. The molecule has 3 atom stereocenters. The van der Waals surface area contributed by atoms with Gasteiger partial charge in [-0.2, -0.15) is 0 Å². The Morgan fingerprint density at radius 3 is 1.61 bits per heavy atom. The van der Waals surface area contributed by atoms with Crippen molar-refractivity contribution in [3.8, 4) is 0 Å². The molecule has 0 amide bonds. The highest BCUT2D eigenvalue weighted by Gasteiger charge is 2.13. The molecule has 4 N–H and O–H groups in total. The van der Waals surface area contributed by atoms with Crippen LogP contribution in [0, 0.1) is 0 Å². The van der Waals surface area contributed by atoms with Crippen LogP contribution >= 0.6 is 0 Å². The van der Waals surface area contributed by atoms with Gasteiger partial charge in [0.15, 0.2) is 0 Å². The summed E-state index contributed by atoms with van der Waals surface area (Å²) < 4.78 is 13.9. The fraction of sp³-hybridized carbons (Fsp3) is 1.00. The molecule has 0 aromatic rings. The molecule has 0 aliphatic carbocycles. The second kappa shape index (κ2) is 11.8. The van der Waals surface area contributed by atoms with Gasteiger partial charge in [-0.15, -0.1) is 0 Å². The van der Waals surface area contributed by atoms with Crippen molar-refractivity contribution >= 4 is 0 Å². The van der Waals surface area contributed by atoms with Crippen molar-refractivity contribution in [3.05, 3.63) is 0 Å².